The predicted molar refractivity (Wildman–Crippen MR) is 88.1 cm³/mol. The highest BCUT2D eigenvalue weighted by Gasteiger charge is 2.48. The summed E-state index contributed by atoms with van der Waals surface area (Å²) in [5.41, 5.74) is 1.12. The van der Waals surface area contributed by atoms with Gasteiger partial charge in [-0.2, -0.15) is 0 Å². The molecule has 0 spiro atoms. The smallest absolute Gasteiger partial charge is 0.244 e. The van der Waals surface area contributed by atoms with E-state index in [2.05, 4.69) is 5.32 Å². The van der Waals surface area contributed by atoms with E-state index in [1.165, 1.54) is 17.4 Å². The van der Waals surface area contributed by atoms with E-state index >= 15 is 0 Å². The van der Waals surface area contributed by atoms with Crippen LogP contribution in [0.3, 0.4) is 0 Å². The van der Waals surface area contributed by atoms with Gasteiger partial charge in [-0.15, -0.1) is 0 Å². The van der Waals surface area contributed by atoms with E-state index in [4.69, 9.17) is 0 Å². The van der Waals surface area contributed by atoms with Crippen molar-refractivity contribution in [3.05, 3.63) is 29.1 Å². The third-order valence-electron chi connectivity index (χ3n) is 6.16. The third-order valence-corrected chi connectivity index (χ3v) is 6.16. The summed E-state index contributed by atoms with van der Waals surface area (Å²) in [5.74, 6) is -0.0712. The van der Waals surface area contributed by atoms with Crippen LogP contribution in [0.5, 0.6) is 0 Å². The molecule has 2 saturated heterocycles. The molecule has 3 heterocycles. The molecule has 0 aromatic heterocycles. The molecule has 1 saturated carbocycles. The topological polar surface area (TPSA) is 93.1 Å². The Morgan fingerprint density at radius 1 is 1.08 bits per heavy atom. The quantitative estimate of drug-likeness (QED) is 0.660. The minimum absolute atomic E-state index is 0.138. The first-order valence-electron chi connectivity index (χ1n) is 8.99. The second-order valence-corrected chi connectivity index (χ2v) is 7.75. The number of hydrogen-bond acceptors (Lipinski definition) is 6. The van der Waals surface area contributed by atoms with Gasteiger partial charge in [0.2, 0.25) is 11.8 Å². The van der Waals surface area contributed by atoms with Gasteiger partial charge in [0.25, 0.3) is 0 Å². The van der Waals surface area contributed by atoms with Crippen molar-refractivity contribution in [2.45, 2.75) is 37.8 Å². The van der Waals surface area contributed by atoms with Crippen molar-refractivity contribution in [3.63, 3.8) is 0 Å². The van der Waals surface area contributed by atoms with Crippen LogP contribution in [0.15, 0.2) is 12.1 Å². The molecule has 1 aliphatic carbocycles. The van der Waals surface area contributed by atoms with Crippen LogP contribution in [0.4, 0.5) is 10.1 Å². The van der Waals surface area contributed by atoms with Crippen LogP contribution in [0.2, 0.25) is 0 Å². The van der Waals surface area contributed by atoms with Crippen LogP contribution < -0.4 is 10.2 Å². The number of anilines is 1. The average Bonchev–Trinajstić information content (AvgIpc) is 3.13. The van der Waals surface area contributed by atoms with Crippen LogP contribution >= 0.6 is 0 Å². The van der Waals surface area contributed by atoms with Gasteiger partial charge in [0.1, 0.15) is 18.3 Å². The largest absolute Gasteiger partial charge is 0.374 e. The zero-order valence-electron chi connectivity index (χ0n) is 14.1. The monoisotopic (exact) mass is 361 g/mol. The number of nitrogens with one attached hydrogen (secondary N) is 1. The highest BCUT2D eigenvalue weighted by molar-refractivity contribution is 6.00. The molecule has 5 rings (SSSR count). The average molecular weight is 361 g/mol. The summed E-state index contributed by atoms with van der Waals surface area (Å²) >= 11 is 0. The zero-order valence-corrected chi connectivity index (χ0v) is 14.1. The molecule has 0 radical (unpaired) electrons. The Hall–Kier alpha value is -2.03. The molecule has 4 aliphatic rings. The number of carbonyl (C=O) groups excluding carboxylic acids is 2. The van der Waals surface area contributed by atoms with E-state index in [1.54, 1.807) is 6.07 Å². The van der Waals surface area contributed by atoms with E-state index in [1.807, 2.05) is 4.90 Å². The lowest BCUT2D eigenvalue weighted by atomic mass is 10.0. The lowest BCUT2D eigenvalue weighted by Crippen LogP contribution is -2.52. The standard InChI is InChI=1S/C18H20FN3O4/c19-12-4-10-11(5-14(12)21-6-8-3-9(8)7-21)18(26)22(17(10)25)13-1-2-15(23)20-16(13)24/h4-5,8-9,13,17-18,25-26H,1-3,6-7H2,(H,20,23,24). The number of aliphatic hydroxyl groups excluding tert-OH is 2. The summed E-state index contributed by atoms with van der Waals surface area (Å²) in [6, 6.07) is 2.01. The number of carbonyl (C=O) groups is 2. The lowest BCUT2D eigenvalue weighted by molar-refractivity contribution is -0.154. The second kappa shape index (κ2) is 5.48. The highest BCUT2D eigenvalue weighted by Crippen LogP contribution is 2.49. The van der Waals surface area contributed by atoms with Gasteiger partial charge in [-0.3, -0.25) is 14.9 Å². The molecule has 8 heteroatoms. The first-order valence-corrected chi connectivity index (χ1v) is 8.99. The molecule has 7 nitrogen and oxygen atoms in total. The Morgan fingerprint density at radius 3 is 2.38 bits per heavy atom. The van der Waals surface area contributed by atoms with E-state index in [0.717, 1.165) is 13.1 Å². The maximum absolute atomic E-state index is 14.7. The molecule has 2 amide bonds. The normalized spacial score (nSPS) is 36.1. The van der Waals surface area contributed by atoms with Gasteiger partial charge in [0, 0.05) is 30.6 Å². The SMILES string of the molecule is O=C1CCC(N2C(O)c3cc(F)c(N4CC5CC5C4)cc3C2O)C(=O)N1. The van der Waals surface area contributed by atoms with Crippen molar-refractivity contribution in [2.24, 2.45) is 11.8 Å². The number of piperidine rings is 2. The van der Waals surface area contributed by atoms with Gasteiger partial charge >= 0.3 is 0 Å². The fourth-order valence-corrected chi connectivity index (χ4v) is 4.64. The molecule has 5 unspecified atom stereocenters. The van der Waals surface area contributed by atoms with Crippen LogP contribution in [0.1, 0.15) is 42.8 Å². The van der Waals surface area contributed by atoms with Gasteiger partial charge in [-0.25, -0.2) is 9.29 Å². The van der Waals surface area contributed by atoms with Gasteiger partial charge in [-0.05, 0) is 36.8 Å². The molecule has 0 bridgehead atoms. The summed E-state index contributed by atoms with van der Waals surface area (Å²) in [7, 11) is 0. The zero-order chi connectivity index (χ0) is 18.2. The fraction of sp³-hybridized carbons (Fsp3) is 0.556. The first-order chi connectivity index (χ1) is 12.4. The van der Waals surface area contributed by atoms with Crippen LogP contribution in [-0.4, -0.2) is 46.1 Å². The number of aliphatic hydroxyl groups is 2. The number of hydrogen-bond donors (Lipinski definition) is 3. The van der Waals surface area contributed by atoms with Gasteiger partial charge in [0.15, 0.2) is 0 Å². The molecule has 1 aromatic carbocycles. The molecule has 3 aliphatic heterocycles. The number of nitrogens with zero attached hydrogens (tertiary/aromatic N) is 2. The van der Waals surface area contributed by atoms with Gasteiger partial charge in [0.05, 0.1) is 11.7 Å². The molecule has 3 N–H and O–H groups in total. The second-order valence-electron chi connectivity index (χ2n) is 7.75. The maximum Gasteiger partial charge on any atom is 0.244 e. The summed E-state index contributed by atoms with van der Waals surface area (Å²) in [6.07, 6.45) is -0.968. The summed E-state index contributed by atoms with van der Waals surface area (Å²) < 4.78 is 14.7. The van der Waals surface area contributed by atoms with Gasteiger partial charge < -0.3 is 15.1 Å². The minimum Gasteiger partial charge on any atom is -0.374 e. The Labute approximate surface area is 149 Å². The molecular formula is C18H20FN3O4. The number of fused-ring (bicyclic) bond motifs is 2. The molecule has 5 atom stereocenters. The van der Waals surface area contributed by atoms with Crippen molar-refractivity contribution in [3.8, 4) is 0 Å². The van der Waals surface area contributed by atoms with Crippen molar-refractivity contribution in [2.75, 3.05) is 18.0 Å². The number of amides is 2. The van der Waals surface area contributed by atoms with Crippen LogP contribution in [0, 0.1) is 17.7 Å². The van der Waals surface area contributed by atoms with E-state index < -0.39 is 30.2 Å². The van der Waals surface area contributed by atoms with E-state index in [0.29, 0.717) is 23.1 Å². The Bertz CT molecular complexity index is 806. The number of benzene rings is 1. The summed E-state index contributed by atoms with van der Waals surface area (Å²) in [5, 5.41) is 23.6. The molecular weight excluding hydrogens is 341 g/mol. The van der Waals surface area contributed by atoms with Crippen molar-refractivity contribution in [1.82, 2.24) is 10.2 Å². The Morgan fingerprint density at radius 2 is 1.73 bits per heavy atom. The molecule has 1 aromatic rings. The van der Waals surface area contributed by atoms with Gasteiger partial charge in [-0.1, -0.05) is 0 Å². The highest BCUT2D eigenvalue weighted by atomic mass is 19.1. The fourth-order valence-electron chi connectivity index (χ4n) is 4.64. The minimum atomic E-state index is -1.29. The van der Waals surface area contributed by atoms with Crippen molar-refractivity contribution < 1.29 is 24.2 Å². The predicted octanol–water partition coefficient (Wildman–Crippen LogP) is 0.384. The maximum atomic E-state index is 14.7. The Kier molecular flexibility index (Phi) is 3.41. The molecule has 3 fully saturated rings. The van der Waals surface area contributed by atoms with Crippen LogP contribution in [-0.2, 0) is 9.59 Å². The molecule has 138 valence electrons. The summed E-state index contributed by atoms with van der Waals surface area (Å²) in [4.78, 5) is 26.7. The van der Waals surface area contributed by atoms with E-state index in [-0.39, 0.29) is 24.3 Å². The van der Waals surface area contributed by atoms with Crippen LogP contribution in [0.25, 0.3) is 0 Å². The Balaban J connectivity index is 1.46. The lowest BCUT2D eigenvalue weighted by Gasteiger charge is -2.34. The summed E-state index contributed by atoms with van der Waals surface area (Å²) in [6.45, 7) is 1.63. The van der Waals surface area contributed by atoms with Crippen molar-refractivity contribution >= 4 is 17.5 Å². The first kappa shape index (κ1) is 16.2. The van der Waals surface area contributed by atoms with E-state index in [9.17, 15) is 24.2 Å². The third kappa shape index (κ3) is 2.29. The number of imide groups is 1. The molecule has 26 heavy (non-hydrogen) atoms. The number of rotatable bonds is 2. The van der Waals surface area contributed by atoms with Crippen molar-refractivity contribution in [1.29, 1.82) is 0 Å². The number of halogens is 1.